The average molecular weight is 451 g/mol. The first-order valence-electron chi connectivity index (χ1n) is 8.42. The van der Waals surface area contributed by atoms with E-state index in [4.69, 9.17) is 11.6 Å². The van der Waals surface area contributed by atoms with Crippen molar-refractivity contribution < 1.29 is 30.8 Å². The van der Waals surface area contributed by atoms with Gasteiger partial charge < -0.3 is 4.90 Å². The van der Waals surface area contributed by atoms with Crippen LogP contribution in [0, 0.1) is 5.82 Å². The molecule has 1 heterocycles. The Labute approximate surface area is 169 Å². The fourth-order valence-electron chi connectivity index (χ4n) is 2.90. The molecule has 0 unspecified atom stereocenters. The van der Waals surface area contributed by atoms with E-state index in [1.165, 1.54) is 4.90 Å². The Morgan fingerprint density at radius 3 is 2.07 bits per heavy atom. The monoisotopic (exact) mass is 450 g/mol. The van der Waals surface area contributed by atoms with Crippen LogP contribution >= 0.6 is 11.6 Å². The number of piperazine rings is 1. The highest BCUT2D eigenvalue weighted by molar-refractivity contribution is 7.89. The zero-order chi connectivity index (χ0) is 21.4. The molecule has 2 aromatic carbocycles. The molecule has 1 amide bonds. The van der Waals surface area contributed by atoms with Gasteiger partial charge in [-0.3, -0.25) is 4.79 Å². The van der Waals surface area contributed by atoms with Crippen LogP contribution in [-0.4, -0.2) is 49.7 Å². The molecule has 0 saturated carbocycles. The van der Waals surface area contributed by atoms with Crippen molar-refractivity contribution in [3.63, 3.8) is 0 Å². The van der Waals surface area contributed by atoms with E-state index in [9.17, 15) is 30.8 Å². The molecule has 5 nitrogen and oxygen atoms in total. The Bertz CT molecular complexity index is 1020. The smallest absolute Gasteiger partial charge is 0.336 e. The Balaban J connectivity index is 1.68. The van der Waals surface area contributed by atoms with Crippen LogP contribution in [0.2, 0.25) is 5.02 Å². The number of carbonyl (C=O) groups excluding carboxylic acids is 1. The second-order valence-corrected chi connectivity index (χ2v) is 8.69. The minimum absolute atomic E-state index is 0.0102. The Kier molecular flexibility index (Phi) is 5.88. The summed E-state index contributed by atoms with van der Waals surface area (Å²) in [5.41, 5.74) is -0.775. The highest BCUT2D eigenvalue weighted by atomic mass is 35.5. The molecule has 156 valence electrons. The molecular formula is C18H15ClF4N2O3S. The summed E-state index contributed by atoms with van der Waals surface area (Å²) in [6, 6.07) is 6.92. The average Bonchev–Trinajstić information content (AvgIpc) is 2.69. The van der Waals surface area contributed by atoms with Crippen molar-refractivity contribution in [3.8, 4) is 0 Å². The number of nitrogens with zero attached hydrogens (tertiary/aromatic N) is 2. The molecule has 0 spiro atoms. The van der Waals surface area contributed by atoms with Gasteiger partial charge in [0.2, 0.25) is 10.0 Å². The number of amides is 1. The predicted octanol–water partition coefficient (Wildman–Crippen LogP) is 3.64. The molecule has 0 bridgehead atoms. The molecule has 11 heteroatoms. The van der Waals surface area contributed by atoms with Crippen LogP contribution in [0.1, 0.15) is 15.9 Å². The standard InChI is InChI=1S/C18H15ClF4N2O3S/c19-15-11-14(5-6-16(15)20)29(27,28)25-9-7-24(8-10-25)17(26)12-1-3-13(4-2-12)18(21,22)23/h1-6,11H,7-10H2. The summed E-state index contributed by atoms with van der Waals surface area (Å²) >= 11 is 5.65. The van der Waals surface area contributed by atoms with E-state index in [1.54, 1.807) is 0 Å². The van der Waals surface area contributed by atoms with Crippen molar-refractivity contribution >= 4 is 27.5 Å². The van der Waals surface area contributed by atoms with Crippen molar-refractivity contribution in [2.24, 2.45) is 0 Å². The highest BCUT2D eigenvalue weighted by Gasteiger charge is 2.32. The first-order chi connectivity index (χ1) is 13.5. The molecule has 0 aliphatic carbocycles. The number of hydrogen-bond acceptors (Lipinski definition) is 3. The van der Waals surface area contributed by atoms with E-state index in [0.29, 0.717) is 0 Å². The number of rotatable bonds is 3. The van der Waals surface area contributed by atoms with Crippen molar-refractivity contribution in [1.29, 1.82) is 0 Å². The lowest BCUT2D eigenvalue weighted by Crippen LogP contribution is -2.50. The Morgan fingerprint density at radius 2 is 1.55 bits per heavy atom. The van der Waals surface area contributed by atoms with Crippen LogP contribution in [0.4, 0.5) is 17.6 Å². The largest absolute Gasteiger partial charge is 0.416 e. The third-order valence-corrected chi connectivity index (χ3v) is 6.70. The van der Waals surface area contributed by atoms with E-state index in [1.807, 2.05) is 0 Å². The van der Waals surface area contributed by atoms with Gasteiger partial charge >= 0.3 is 6.18 Å². The van der Waals surface area contributed by atoms with Crippen molar-refractivity contribution in [1.82, 2.24) is 9.21 Å². The van der Waals surface area contributed by atoms with E-state index in [0.717, 1.165) is 46.8 Å². The van der Waals surface area contributed by atoms with Gasteiger partial charge in [-0.2, -0.15) is 17.5 Å². The maximum Gasteiger partial charge on any atom is 0.416 e. The van der Waals surface area contributed by atoms with Gasteiger partial charge in [-0.1, -0.05) is 11.6 Å². The van der Waals surface area contributed by atoms with Crippen LogP contribution in [0.3, 0.4) is 0 Å². The zero-order valence-corrected chi connectivity index (χ0v) is 16.4. The summed E-state index contributed by atoms with van der Waals surface area (Å²) in [4.78, 5) is 13.7. The number of halogens is 5. The SMILES string of the molecule is O=C(c1ccc(C(F)(F)F)cc1)N1CCN(S(=O)(=O)c2ccc(F)c(Cl)c2)CC1. The zero-order valence-electron chi connectivity index (χ0n) is 14.8. The summed E-state index contributed by atoms with van der Waals surface area (Å²) in [5.74, 6) is -1.22. The minimum atomic E-state index is -4.50. The molecule has 1 saturated heterocycles. The number of sulfonamides is 1. The van der Waals surface area contributed by atoms with Crippen LogP contribution in [0.5, 0.6) is 0 Å². The highest BCUT2D eigenvalue weighted by Crippen LogP contribution is 2.29. The lowest BCUT2D eigenvalue weighted by Gasteiger charge is -2.34. The molecule has 29 heavy (non-hydrogen) atoms. The molecular weight excluding hydrogens is 436 g/mol. The molecule has 1 fully saturated rings. The maximum atomic E-state index is 13.3. The van der Waals surface area contributed by atoms with E-state index in [-0.39, 0.29) is 41.7 Å². The normalized spacial score (nSPS) is 16.1. The van der Waals surface area contributed by atoms with Gasteiger partial charge in [0.1, 0.15) is 5.82 Å². The Morgan fingerprint density at radius 1 is 0.966 bits per heavy atom. The summed E-state index contributed by atoms with van der Waals surface area (Å²) in [5, 5.41) is -0.317. The van der Waals surface area contributed by atoms with Crippen LogP contribution < -0.4 is 0 Å². The van der Waals surface area contributed by atoms with Crippen molar-refractivity contribution in [3.05, 3.63) is 64.4 Å². The van der Waals surface area contributed by atoms with Crippen LogP contribution in [-0.2, 0) is 16.2 Å². The molecule has 0 atom stereocenters. The quantitative estimate of drug-likeness (QED) is 0.671. The van der Waals surface area contributed by atoms with Crippen LogP contribution in [0.25, 0.3) is 0 Å². The molecule has 1 aliphatic rings. The fourth-order valence-corrected chi connectivity index (χ4v) is 4.60. The summed E-state index contributed by atoms with van der Waals surface area (Å²) in [6.45, 7) is 0.107. The molecule has 3 rings (SSSR count). The fraction of sp³-hybridized carbons (Fsp3) is 0.278. The maximum absolute atomic E-state index is 13.3. The minimum Gasteiger partial charge on any atom is -0.336 e. The number of hydrogen-bond donors (Lipinski definition) is 0. The van der Waals surface area contributed by atoms with E-state index >= 15 is 0 Å². The van der Waals surface area contributed by atoms with E-state index in [2.05, 4.69) is 0 Å². The third-order valence-electron chi connectivity index (χ3n) is 4.51. The number of alkyl halides is 3. The molecule has 0 radical (unpaired) electrons. The first kappa shape index (κ1) is 21.5. The van der Waals surface area contributed by atoms with Gasteiger partial charge in [0.15, 0.2) is 0 Å². The lowest BCUT2D eigenvalue weighted by molar-refractivity contribution is -0.137. The summed E-state index contributed by atoms with van der Waals surface area (Å²) in [6.07, 6.45) is -4.50. The number of carbonyl (C=O) groups is 1. The van der Waals surface area contributed by atoms with Gasteiger partial charge in [-0.15, -0.1) is 0 Å². The van der Waals surface area contributed by atoms with Gasteiger partial charge in [0.05, 0.1) is 15.5 Å². The van der Waals surface area contributed by atoms with Crippen molar-refractivity contribution in [2.45, 2.75) is 11.1 Å². The second-order valence-electron chi connectivity index (χ2n) is 6.35. The van der Waals surface area contributed by atoms with Gasteiger partial charge in [0.25, 0.3) is 5.91 Å². The lowest BCUT2D eigenvalue weighted by atomic mass is 10.1. The van der Waals surface area contributed by atoms with Gasteiger partial charge in [-0.25, -0.2) is 12.8 Å². The Hall–Kier alpha value is -2.17. The first-order valence-corrected chi connectivity index (χ1v) is 10.2. The summed E-state index contributed by atoms with van der Waals surface area (Å²) < 4.78 is 77.6. The molecule has 0 N–H and O–H groups in total. The van der Waals surface area contributed by atoms with Crippen LogP contribution in [0.15, 0.2) is 47.4 Å². The topological polar surface area (TPSA) is 57.7 Å². The second kappa shape index (κ2) is 7.92. The molecule has 1 aliphatic heterocycles. The van der Waals surface area contributed by atoms with E-state index < -0.39 is 33.5 Å². The number of benzene rings is 2. The summed E-state index contributed by atoms with van der Waals surface area (Å²) in [7, 11) is -3.92. The molecule has 2 aromatic rings. The van der Waals surface area contributed by atoms with Gasteiger partial charge in [-0.05, 0) is 42.5 Å². The predicted molar refractivity (Wildman–Crippen MR) is 97.5 cm³/mol. The third kappa shape index (κ3) is 4.54. The van der Waals surface area contributed by atoms with Gasteiger partial charge in [0, 0.05) is 31.7 Å². The van der Waals surface area contributed by atoms with Crippen molar-refractivity contribution in [2.75, 3.05) is 26.2 Å². The molecule has 0 aromatic heterocycles.